The van der Waals surface area contributed by atoms with Crippen molar-refractivity contribution in [1.82, 2.24) is 4.98 Å². The number of hydrogen-bond donors (Lipinski definition) is 0. The van der Waals surface area contributed by atoms with Crippen molar-refractivity contribution in [2.75, 3.05) is 18.0 Å². The molecule has 0 saturated carbocycles. The van der Waals surface area contributed by atoms with Crippen LogP contribution in [0.15, 0.2) is 41.3 Å². The number of fused-ring (bicyclic) bond motifs is 2. The van der Waals surface area contributed by atoms with Crippen molar-refractivity contribution in [3.8, 4) is 5.75 Å². The van der Waals surface area contributed by atoms with Crippen molar-refractivity contribution in [3.63, 3.8) is 0 Å². The van der Waals surface area contributed by atoms with Crippen LogP contribution < -0.4 is 9.04 Å². The van der Waals surface area contributed by atoms with Crippen LogP contribution in [0, 0.1) is 20.8 Å². The van der Waals surface area contributed by atoms with Crippen LogP contribution in [0.2, 0.25) is 0 Å². The van der Waals surface area contributed by atoms with Crippen LogP contribution in [0.4, 0.5) is 5.82 Å². The van der Waals surface area contributed by atoms with Gasteiger partial charge in [0.25, 0.3) is 10.0 Å². The van der Waals surface area contributed by atoms with Crippen LogP contribution in [0.1, 0.15) is 22.3 Å². The lowest BCUT2D eigenvalue weighted by Crippen LogP contribution is -2.30. The number of ether oxygens (including phenoxy) is 1. The standard InChI is InChI=1S/C21H22N2O3S/c1-13-6-5-7-16-12-17-8-9-23(21(17)22-20(13)16)27(24,25)19-11-14(2)18(26-4)10-15(19)3/h5-7,10-12H,8-9H2,1-4H3. The van der Waals surface area contributed by atoms with Crippen LogP contribution in [-0.2, 0) is 16.4 Å². The maximum Gasteiger partial charge on any atom is 0.265 e. The number of benzene rings is 2. The molecule has 5 nitrogen and oxygen atoms in total. The summed E-state index contributed by atoms with van der Waals surface area (Å²) in [5, 5.41) is 1.05. The number of hydrogen-bond acceptors (Lipinski definition) is 4. The summed E-state index contributed by atoms with van der Waals surface area (Å²) in [6, 6.07) is 11.5. The van der Waals surface area contributed by atoms with E-state index in [1.54, 1.807) is 26.2 Å². The Balaban J connectivity index is 1.87. The Labute approximate surface area is 159 Å². The molecule has 0 fully saturated rings. The zero-order valence-corrected chi connectivity index (χ0v) is 16.7. The van der Waals surface area contributed by atoms with Crippen molar-refractivity contribution >= 4 is 26.7 Å². The predicted octanol–water partition coefficient (Wildman–Crippen LogP) is 3.92. The number of aromatic nitrogens is 1. The molecule has 0 amide bonds. The number of rotatable bonds is 3. The van der Waals surface area contributed by atoms with Gasteiger partial charge in [0.05, 0.1) is 17.5 Å². The molecule has 0 N–H and O–H groups in total. The molecular formula is C21H22N2O3S. The van der Waals surface area contributed by atoms with Gasteiger partial charge in [0.1, 0.15) is 11.6 Å². The van der Waals surface area contributed by atoms with Crippen molar-refractivity contribution < 1.29 is 13.2 Å². The Hall–Kier alpha value is -2.60. The average molecular weight is 382 g/mol. The second-order valence-corrected chi connectivity index (χ2v) is 8.86. The van der Waals surface area contributed by atoms with Crippen LogP contribution in [-0.4, -0.2) is 27.1 Å². The summed E-state index contributed by atoms with van der Waals surface area (Å²) in [6.45, 7) is 6.05. The molecule has 0 aliphatic carbocycles. The summed E-state index contributed by atoms with van der Waals surface area (Å²) < 4.78 is 33.6. The molecule has 2 heterocycles. The van der Waals surface area contributed by atoms with Crippen molar-refractivity contribution in [2.45, 2.75) is 32.1 Å². The minimum absolute atomic E-state index is 0.306. The second-order valence-electron chi connectivity index (χ2n) is 7.03. The Morgan fingerprint density at radius 3 is 2.56 bits per heavy atom. The topological polar surface area (TPSA) is 59.5 Å². The minimum atomic E-state index is -3.70. The lowest BCUT2D eigenvalue weighted by Gasteiger charge is -2.21. The molecule has 0 spiro atoms. The van der Waals surface area contributed by atoms with E-state index in [1.807, 2.05) is 32.0 Å². The second kappa shape index (κ2) is 6.23. The minimum Gasteiger partial charge on any atom is -0.496 e. The van der Waals surface area contributed by atoms with Crippen LogP contribution in [0.5, 0.6) is 5.75 Å². The average Bonchev–Trinajstić information content (AvgIpc) is 3.05. The fourth-order valence-corrected chi connectivity index (χ4v) is 5.47. The number of aryl methyl sites for hydroxylation is 3. The Morgan fingerprint density at radius 1 is 1.04 bits per heavy atom. The van der Waals surface area contributed by atoms with Gasteiger partial charge in [-0.3, -0.25) is 0 Å². The quantitative estimate of drug-likeness (QED) is 0.689. The van der Waals surface area contributed by atoms with Gasteiger partial charge in [-0.1, -0.05) is 18.2 Å². The van der Waals surface area contributed by atoms with Gasteiger partial charge < -0.3 is 4.74 Å². The third-order valence-electron chi connectivity index (χ3n) is 5.18. The van der Waals surface area contributed by atoms with E-state index in [4.69, 9.17) is 9.72 Å². The highest BCUT2D eigenvalue weighted by Gasteiger charge is 2.34. The molecule has 27 heavy (non-hydrogen) atoms. The van der Waals surface area contributed by atoms with Crippen LogP contribution in [0.25, 0.3) is 10.9 Å². The number of sulfonamides is 1. The van der Waals surface area contributed by atoms with E-state index < -0.39 is 10.0 Å². The first kappa shape index (κ1) is 17.8. The van der Waals surface area contributed by atoms with Gasteiger partial charge in [-0.25, -0.2) is 17.7 Å². The van der Waals surface area contributed by atoms with E-state index in [0.29, 0.717) is 35.0 Å². The highest BCUT2D eigenvalue weighted by atomic mass is 32.2. The molecule has 1 aromatic heterocycles. The van der Waals surface area contributed by atoms with Crippen molar-refractivity contribution in [3.05, 3.63) is 58.7 Å². The van der Waals surface area contributed by atoms with E-state index in [9.17, 15) is 8.42 Å². The number of methoxy groups -OCH3 is 1. The molecule has 0 atom stereocenters. The lowest BCUT2D eigenvalue weighted by molar-refractivity contribution is 0.411. The first-order valence-electron chi connectivity index (χ1n) is 8.90. The molecule has 0 unspecified atom stereocenters. The van der Waals surface area contributed by atoms with Crippen molar-refractivity contribution in [1.29, 1.82) is 0 Å². The monoisotopic (exact) mass is 382 g/mol. The van der Waals surface area contributed by atoms with Gasteiger partial charge in [-0.15, -0.1) is 0 Å². The molecule has 3 aromatic rings. The highest BCUT2D eigenvalue weighted by molar-refractivity contribution is 7.92. The molecule has 1 aliphatic rings. The zero-order valence-electron chi connectivity index (χ0n) is 15.9. The van der Waals surface area contributed by atoms with Gasteiger partial charge in [-0.05, 0) is 67.6 Å². The van der Waals surface area contributed by atoms with Gasteiger partial charge in [-0.2, -0.15) is 0 Å². The Morgan fingerprint density at radius 2 is 1.81 bits per heavy atom. The summed E-state index contributed by atoms with van der Waals surface area (Å²) in [5.74, 6) is 1.23. The Bertz CT molecular complexity index is 1170. The summed E-state index contributed by atoms with van der Waals surface area (Å²) in [7, 11) is -2.11. The third kappa shape index (κ3) is 2.75. The number of pyridine rings is 1. The smallest absolute Gasteiger partial charge is 0.265 e. The van der Waals surface area contributed by atoms with E-state index >= 15 is 0 Å². The third-order valence-corrected chi connectivity index (χ3v) is 7.12. The highest BCUT2D eigenvalue weighted by Crippen LogP contribution is 2.36. The molecule has 0 saturated heterocycles. The first-order valence-corrected chi connectivity index (χ1v) is 10.3. The molecule has 6 heteroatoms. The van der Waals surface area contributed by atoms with E-state index in [2.05, 4.69) is 6.07 Å². The van der Waals surface area contributed by atoms with E-state index in [0.717, 1.165) is 27.6 Å². The maximum absolute atomic E-state index is 13.4. The van der Waals surface area contributed by atoms with Gasteiger partial charge in [0.2, 0.25) is 0 Å². The maximum atomic E-state index is 13.4. The van der Waals surface area contributed by atoms with Crippen LogP contribution >= 0.6 is 0 Å². The Kier molecular flexibility index (Phi) is 4.11. The first-order chi connectivity index (χ1) is 12.8. The predicted molar refractivity (Wildman–Crippen MR) is 107 cm³/mol. The molecular weight excluding hydrogens is 360 g/mol. The normalized spacial score (nSPS) is 13.9. The SMILES string of the molecule is COc1cc(C)c(S(=O)(=O)N2CCc3cc4cccc(C)c4nc32)cc1C. The molecule has 140 valence electrons. The lowest BCUT2D eigenvalue weighted by atomic mass is 10.1. The molecule has 0 radical (unpaired) electrons. The summed E-state index contributed by atoms with van der Waals surface area (Å²) >= 11 is 0. The summed E-state index contributed by atoms with van der Waals surface area (Å²) in [4.78, 5) is 5.04. The van der Waals surface area contributed by atoms with Gasteiger partial charge in [0, 0.05) is 11.9 Å². The number of nitrogens with zero attached hydrogens (tertiary/aromatic N) is 2. The van der Waals surface area contributed by atoms with Gasteiger partial charge >= 0.3 is 0 Å². The number of para-hydroxylation sites is 1. The molecule has 0 bridgehead atoms. The largest absolute Gasteiger partial charge is 0.496 e. The molecule has 4 rings (SSSR count). The van der Waals surface area contributed by atoms with E-state index in [1.165, 1.54) is 4.31 Å². The summed E-state index contributed by atoms with van der Waals surface area (Å²) in [5.41, 5.74) is 4.32. The molecule has 2 aromatic carbocycles. The molecule has 1 aliphatic heterocycles. The van der Waals surface area contributed by atoms with Crippen LogP contribution in [0.3, 0.4) is 0 Å². The van der Waals surface area contributed by atoms with E-state index in [-0.39, 0.29) is 0 Å². The fraction of sp³-hybridized carbons (Fsp3) is 0.286. The van der Waals surface area contributed by atoms with Crippen molar-refractivity contribution in [2.24, 2.45) is 0 Å². The zero-order chi connectivity index (χ0) is 19.3. The number of anilines is 1. The fourth-order valence-electron chi connectivity index (χ4n) is 3.72. The summed E-state index contributed by atoms with van der Waals surface area (Å²) in [6.07, 6.45) is 0.666. The van der Waals surface area contributed by atoms with Gasteiger partial charge in [0.15, 0.2) is 0 Å².